The Morgan fingerprint density at radius 2 is 2.05 bits per heavy atom. The molecule has 1 unspecified atom stereocenters. The third kappa shape index (κ3) is 5.57. The van der Waals surface area contributed by atoms with Crippen molar-refractivity contribution in [3.63, 3.8) is 0 Å². The third-order valence-electron chi connectivity index (χ3n) is 3.01. The highest BCUT2D eigenvalue weighted by Crippen LogP contribution is 2.12. The maximum atomic E-state index is 4.32. The van der Waals surface area contributed by atoms with E-state index in [1.165, 1.54) is 12.8 Å². The van der Waals surface area contributed by atoms with Gasteiger partial charge >= 0.3 is 0 Å². The fraction of sp³-hybridized carbons (Fsp3) is 0.400. The zero-order chi connectivity index (χ0) is 14.3. The van der Waals surface area contributed by atoms with Crippen LogP contribution < -0.4 is 10.6 Å². The van der Waals surface area contributed by atoms with E-state index in [-0.39, 0.29) is 0 Å². The summed E-state index contributed by atoms with van der Waals surface area (Å²) in [6, 6.07) is 0.290. The minimum Gasteiger partial charge on any atom is -0.343 e. The minimum atomic E-state index is 0.290. The average molecular weight is 324 g/mol. The van der Waals surface area contributed by atoms with Gasteiger partial charge in [0.25, 0.3) is 0 Å². The predicted octanol–water partition coefficient (Wildman–Crippen LogP) is 3.28. The molecule has 1 atom stereocenters. The minimum absolute atomic E-state index is 0.290. The quantitative estimate of drug-likeness (QED) is 0.463. The number of piperidine rings is 1. The summed E-state index contributed by atoms with van der Waals surface area (Å²) < 4.78 is 0.805. The lowest BCUT2D eigenvalue weighted by atomic mass is 10.0. The monoisotopic (exact) mass is 323 g/mol. The first kappa shape index (κ1) is 15.9. The number of halogens is 1. The third-order valence-corrected chi connectivity index (χ3v) is 3.28. The second-order valence-corrected chi connectivity index (χ2v) is 5.54. The van der Waals surface area contributed by atoms with E-state index in [1.54, 1.807) is 7.05 Å². The molecule has 0 aromatic heterocycles. The van der Waals surface area contributed by atoms with E-state index in [1.807, 2.05) is 12.2 Å². The Morgan fingerprint density at radius 1 is 1.32 bits per heavy atom. The van der Waals surface area contributed by atoms with Gasteiger partial charge in [-0.15, -0.1) is 0 Å². The Balaban J connectivity index is 2.58. The molecule has 0 amide bonds. The lowest BCUT2D eigenvalue weighted by Gasteiger charge is -2.26. The highest BCUT2D eigenvalue weighted by molar-refractivity contribution is 9.11. The van der Waals surface area contributed by atoms with Crippen LogP contribution in [0, 0.1) is 0 Å². The molecule has 1 saturated heterocycles. The molecule has 4 heteroatoms. The van der Waals surface area contributed by atoms with Crippen molar-refractivity contribution < 1.29 is 0 Å². The van der Waals surface area contributed by atoms with Crippen molar-refractivity contribution in [2.45, 2.75) is 25.3 Å². The lowest BCUT2D eigenvalue weighted by molar-refractivity contribution is 0.466. The van der Waals surface area contributed by atoms with Crippen molar-refractivity contribution in [3.8, 4) is 0 Å². The molecule has 1 fully saturated rings. The second-order valence-electron chi connectivity index (χ2n) is 4.52. The molecular weight excluding hydrogens is 302 g/mol. The largest absolute Gasteiger partial charge is 0.343 e. The van der Waals surface area contributed by atoms with E-state index in [0.29, 0.717) is 6.04 Å². The van der Waals surface area contributed by atoms with Crippen LogP contribution in [0.3, 0.4) is 0 Å². The molecule has 0 spiro atoms. The standard InChI is InChI=1S/C15H22BrN3/c1-11(8-9-12(2)16)13(3)19-15(17-4)14-7-5-6-10-18-14/h8-9,14,18H,1-3,5-7,10H2,4H3,(H,17,19)/b9-8-. The number of rotatable bonds is 5. The summed E-state index contributed by atoms with van der Waals surface area (Å²) in [5.41, 5.74) is 1.58. The molecule has 0 aromatic carbocycles. The average Bonchev–Trinajstić information content (AvgIpc) is 2.42. The summed E-state index contributed by atoms with van der Waals surface area (Å²) in [6.07, 6.45) is 7.28. The summed E-state index contributed by atoms with van der Waals surface area (Å²) in [7, 11) is 1.80. The van der Waals surface area contributed by atoms with E-state index in [4.69, 9.17) is 0 Å². The number of hydrogen-bond donors (Lipinski definition) is 2. The Labute approximate surface area is 124 Å². The summed E-state index contributed by atoms with van der Waals surface area (Å²) >= 11 is 3.27. The fourth-order valence-electron chi connectivity index (χ4n) is 1.91. The van der Waals surface area contributed by atoms with Crippen molar-refractivity contribution in [1.82, 2.24) is 10.6 Å². The van der Waals surface area contributed by atoms with Crippen LogP contribution in [-0.4, -0.2) is 25.5 Å². The number of amidine groups is 1. The molecule has 3 nitrogen and oxygen atoms in total. The molecule has 0 bridgehead atoms. The topological polar surface area (TPSA) is 36.4 Å². The van der Waals surface area contributed by atoms with Crippen molar-refractivity contribution in [1.29, 1.82) is 0 Å². The number of hydrogen-bond acceptors (Lipinski definition) is 2. The zero-order valence-corrected chi connectivity index (χ0v) is 13.1. The maximum absolute atomic E-state index is 4.32. The van der Waals surface area contributed by atoms with E-state index < -0.39 is 0 Å². The van der Waals surface area contributed by atoms with Crippen LogP contribution in [0.1, 0.15) is 19.3 Å². The molecular formula is C15H22BrN3. The van der Waals surface area contributed by atoms with E-state index in [0.717, 1.165) is 34.6 Å². The molecule has 2 N–H and O–H groups in total. The Kier molecular flexibility index (Phi) is 6.81. The first-order valence-electron chi connectivity index (χ1n) is 6.42. The smallest absolute Gasteiger partial charge is 0.118 e. The van der Waals surface area contributed by atoms with Gasteiger partial charge in [0.2, 0.25) is 0 Å². The fourth-order valence-corrected chi connectivity index (χ4v) is 2.04. The van der Waals surface area contributed by atoms with Gasteiger partial charge in [-0.2, -0.15) is 0 Å². The molecule has 1 rings (SSSR count). The van der Waals surface area contributed by atoms with Gasteiger partial charge in [-0.1, -0.05) is 48.2 Å². The Morgan fingerprint density at radius 3 is 2.58 bits per heavy atom. The molecule has 0 aliphatic carbocycles. The normalized spacial score (nSPS) is 20.3. The first-order valence-corrected chi connectivity index (χ1v) is 7.21. The number of allylic oxidation sites excluding steroid dienone is 3. The number of aliphatic imine (C=N–C) groups is 1. The Bertz CT molecular complexity index is 415. The first-order chi connectivity index (χ1) is 9.04. The summed E-state index contributed by atoms with van der Waals surface area (Å²) in [5.74, 6) is 0.928. The summed E-state index contributed by atoms with van der Waals surface area (Å²) in [5, 5.41) is 6.72. The Hall–Kier alpha value is -1.13. The van der Waals surface area contributed by atoms with Gasteiger partial charge in [0.15, 0.2) is 0 Å². The molecule has 19 heavy (non-hydrogen) atoms. The van der Waals surface area contributed by atoms with Crippen molar-refractivity contribution in [2.75, 3.05) is 13.6 Å². The van der Waals surface area contributed by atoms with Gasteiger partial charge < -0.3 is 10.6 Å². The van der Waals surface area contributed by atoms with Crippen molar-refractivity contribution >= 4 is 21.8 Å². The lowest BCUT2D eigenvalue weighted by Crippen LogP contribution is -2.46. The van der Waals surface area contributed by atoms with Gasteiger partial charge in [-0.3, -0.25) is 4.99 Å². The van der Waals surface area contributed by atoms with E-state index in [9.17, 15) is 0 Å². The molecule has 0 saturated carbocycles. The van der Waals surface area contributed by atoms with E-state index >= 15 is 0 Å². The highest BCUT2D eigenvalue weighted by atomic mass is 79.9. The van der Waals surface area contributed by atoms with Gasteiger partial charge in [0, 0.05) is 17.2 Å². The van der Waals surface area contributed by atoms with Crippen LogP contribution in [0.15, 0.2) is 52.6 Å². The van der Waals surface area contributed by atoms with Gasteiger partial charge in [0.1, 0.15) is 5.84 Å². The molecule has 1 aliphatic heterocycles. The van der Waals surface area contributed by atoms with E-state index in [2.05, 4.69) is 51.3 Å². The van der Waals surface area contributed by atoms with Crippen molar-refractivity contribution in [2.24, 2.45) is 4.99 Å². The summed E-state index contributed by atoms with van der Waals surface area (Å²) in [4.78, 5) is 4.32. The molecule has 1 heterocycles. The van der Waals surface area contributed by atoms with Gasteiger partial charge in [-0.25, -0.2) is 0 Å². The number of nitrogens with zero attached hydrogens (tertiary/aromatic N) is 1. The highest BCUT2D eigenvalue weighted by Gasteiger charge is 2.18. The van der Waals surface area contributed by atoms with Crippen molar-refractivity contribution in [3.05, 3.63) is 47.6 Å². The number of nitrogens with one attached hydrogen (secondary N) is 2. The molecule has 104 valence electrons. The van der Waals surface area contributed by atoms with Crippen LogP contribution in [0.5, 0.6) is 0 Å². The predicted molar refractivity (Wildman–Crippen MR) is 87.6 cm³/mol. The zero-order valence-electron chi connectivity index (χ0n) is 11.5. The second kappa shape index (κ2) is 8.12. The SMILES string of the molecule is C=C(Br)/C=C\C(=C)C(=C)NC(=NC)C1CCCCN1. The van der Waals surface area contributed by atoms with Crippen LogP contribution in [-0.2, 0) is 0 Å². The molecule has 0 aromatic rings. The van der Waals surface area contributed by atoms with Crippen LogP contribution >= 0.6 is 15.9 Å². The van der Waals surface area contributed by atoms with Crippen LogP contribution in [0.2, 0.25) is 0 Å². The van der Waals surface area contributed by atoms with Crippen LogP contribution in [0.25, 0.3) is 0 Å². The van der Waals surface area contributed by atoms with Crippen LogP contribution in [0.4, 0.5) is 0 Å². The van der Waals surface area contributed by atoms with Gasteiger partial charge in [-0.05, 0) is 31.0 Å². The summed E-state index contributed by atoms with van der Waals surface area (Å²) in [6.45, 7) is 12.8. The maximum Gasteiger partial charge on any atom is 0.118 e. The van der Waals surface area contributed by atoms with Gasteiger partial charge in [0.05, 0.1) is 6.04 Å². The molecule has 0 radical (unpaired) electrons. The molecule has 1 aliphatic rings.